The molecule has 170 valence electrons. The zero-order valence-electron chi connectivity index (χ0n) is 19.7. The third kappa shape index (κ3) is 6.72. The average Bonchev–Trinajstić information content (AvgIpc) is 3.26. The van der Waals surface area contributed by atoms with Crippen molar-refractivity contribution < 1.29 is 4.42 Å². The summed E-state index contributed by atoms with van der Waals surface area (Å²) in [5.74, 6) is 2.33. The lowest BCUT2D eigenvalue weighted by atomic mass is 9.94. The van der Waals surface area contributed by atoms with Crippen molar-refractivity contribution in [1.82, 2.24) is 20.5 Å². The van der Waals surface area contributed by atoms with Crippen LogP contribution in [-0.2, 0) is 12.0 Å². The van der Waals surface area contributed by atoms with E-state index >= 15 is 0 Å². The van der Waals surface area contributed by atoms with Gasteiger partial charge in [0, 0.05) is 56.4 Å². The highest BCUT2D eigenvalue weighted by molar-refractivity contribution is 5.79. The Morgan fingerprint density at radius 2 is 1.84 bits per heavy atom. The fourth-order valence-corrected chi connectivity index (χ4v) is 3.65. The highest BCUT2D eigenvalue weighted by Crippen LogP contribution is 2.22. The van der Waals surface area contributed by atoms with E-state index < -0.39 is 0 Å². The molecule has 1 atom stereocenters. The monoisotopic (exact) mass is 426 g/mol. The van der Waals surface area contributed by atoms with E-state index in [1.54, 1.807) is 0 Å². The van der Waals surface area contributed by atoms with Gasteiger partial charge in [0.2, 0.25) is 5.89 Å². The second-order valence-electron chi connectivity index (χ2n) is 9.15. The molecule has 2 aromatic rings. The maximum atomic E-state index is 5.86. The Hall–Kier alpha value is -2.54. The summed E-state index contributed by atoms with van der Waals surface area (Å²) < 4.78 is 5.86. The number of rotatable bonds is 7. The van der Waals surface area contributed by atoms with Crippen LogP contribution in [0.15, 0.2) is 45.9 Å². The molecule has 1 saturated heterocycles. The van der Waals surface area contributed by atoms with E-state index in [0.717, 1.165) is 51.0 Å². The molecular formula is C24H38N6O. The number of hydrogen-bond acceptors (Lipinski definition) is 5. The van der Waals surface area contributed by atoms with Crippen molar-refractivity contribution in [3.8, 4) is 0 Å². The van der Waals surface area contributed by atoms with Crippen molar-refractivity contribution in [2.45, 2.75) is 52.6 Å². The Kier molecular flexibility index (Phi) is 7.96. The lowest BCUT2D eigenvalue weighted by molar-refractivity contribution is 0.197. The van der Waals surface area contributed by atoms with Crippen molar-refractivity contribution in [3.63, 3.8) is 0 Å². The number of anilines is 1. The Morgan fingerprint density at radius 3 is 2.45 bits per heavy atom. The van der Waals surface area contributed by atoms with Gasteiger partial charge in [0.05, 0.1) is 6.20 Å². The molecule has 3 rings (SSSR count). The van der Waals surface area contributed by atoms with Gasteiger partial charge in [-0.1, -0.05) is 39.0 Å². The van der Waals surface area contributed by atoms with Crippen molar-refractivity contribution in [2.24, 2.45) is 4.99 Å². The predicted molar refractivity (Wildman–Crippen MR) is 128 cm³/mol. The maximum absolute atomic E-state index is 5.86. The van der Waals surface area contributed by atoms with Crippen molar-refractivity contribution in [3.05, 3.63) is 48.2 Å². The van der Waals surface area contributed by atoms with Gasteiger partial charge < -0.3 is 20.0 Å². The number of para-hydroxylation sites is 1. The lowest BCUT2D eigenvalue weighted by Crippen LogP contribution is -2.53. The highest BCUT2D eigenvalue weighted by Gasteiger charge is 2.22. The Morgan fingerprint density at radius 1 is 1.13 bits per heavy atom. The van der Waals surface area contributed by atoms with Crippen LogP contribution in [0.4, 0.5) is 5.69 Å². The van der Waals surface area contributed by atoms with Gasteiger partial charge in [-0.05, 0) is 26.0 Å². The van der Waals surface area contributed by atoms with Crippen LogP contribution in [0.25, 0.3) is 0 Å². The number of aromatic nitrogens is 1. The molecule has 1 aliphatic rings. The van der Waals surface area contributed by atoms with Gasteiger partial charge in [-0.3, -0.25) is 4.90 Å². The van der Waals surface area contributed by atoms with E-state index in [2.05, 4.69) is 95.4 Å². The SMILES string of the molecule is CCNC(=NCc1ncc(C(C)(C)C)o1)NCC(C)N1CCN(c2ccccc2)CC1. The highest BCUT2D eigenvalue weighted by atomic mass is 16.4. The summed E-state index contributed by atoms with van der Waals surface area (Å²) in [6.45, 7) is 17.0. The molecule has 1 aromatic heterocycles. The molecule has 1 aliphatic heterocycles. The van der Waals surface area contributed by atoms with E-state index in [0.29, 0.717) is 18.5 Å². The van der Waals surface area contributed by atoms with Crippen molar-refractivity contribution >= 4 is 11.6 Å². The lowest BCUT2D eigenvalue weighted by Gasteiger charge is -2.39. The first-order chi connectivity index (χ1) is 14.9. The fourth-order valence-electron chi connectivity index (χ4n) is 3.65. The number of oxazole rings is 1. The van der Waals surface area contributed by atoms with Crippen LogP contribution in [0.3, 0.4) is 0 Å². The van der Waals surface area contributed by atoms with Crippen LogP contribution in [0.5, 0.6) is 0 Å². The van der Waals surface area contributed by atoms with Gasteiger partial charge in [-0.15, -0.1) is 0 Å². The molecule has 0 aliphatic carbocycles. The van der Waals surface area contributed by atoms with Gasteiger partial charge in [0.15, 0.2) is 5.96 Å². The van der Waals surface area contributed by atoms with E-state index in [1.807, 2.05) is 6.20 Å². The number of nitrogens with zero attached hydrogens (tertiary/aromatic N) is 4. The van der Waals surface area contributed by atoms with E-state index in [1.165, 1.54) is 5.69 Å². The zero-order valence-corrected chi connectivity index (χ0v) is 19.7. The number of aliphatic imine (C=N–C) groups is 1. The van der Waals surface area contributed by atoms with Crippen molar-refractivity contribution in [1.29, 1.82) is 0 Å². The predicted octanol–water partition coefficient (Wildman–Crippen LogP) is 3.24. The van der Waals surface area contributed by atoms with Gasteiger partial charge in [0.1, 0.15) is 12.3 Å². The van der Waals surface area contributed by atoms with Gasteiger partial charge in [-0.25, -0.2) is 9.98 Å². The molecule has 0 spiro atoms. The first kappa shape index (κ1) is 23.1. The first-order valence-electron chi connectivity index (χ1n) is 11.4. The first-order valence-corrected chi connectivity index (χ1v) is 11.4. The summed E-state index contributed by atoms with van der Waals surface area (Å²) in [5, 5.41) is 6.80. The van der Waals surface area contributed by atoms with Crippen LogP contribution >= 0.6 is 0 Å². The van der Waals surface area contributed by atoms with Crippen LogP contribution in [0.1, 0.15) is 46.3 Å². The maximum Gasteiger partial charge on any atom is 0.216 e. The van der Waals surface area contributed by atoms with Crippen molar-refractivity contribution in [2.75, 3.05) is 44.2 Å². The quantitative estimate of drug-likeness (QED) is 0.523. The van der Waals surface area contributed by atoms with Crippen LogP contribution in [0.2, 0.25) is 0 Å². The van der Waals surface area contributed by atoms with Crippen LogP contribution in [0, 0.1) is 0 Å². The molecule has 0 amide bonds. The van der Waals surface area contributed by atoms with Crippen LogP contribution in [-0.4, -0.2) is 61.2 Å². The third-order valence-corrected chi connectivity index (χ3v) is 5.63. The fraction of sp³-hybridized carbons (Fsp3) is 0.583. The molecule has 2 heterocycles. The molecule has 1 fully saturated rings. The minimum absolute atomic E-state index is 0.0440. The molecule has 1 aromatic carbocycles. The summed E-state index contributed by atoms with van der Waals surface area (Å²) >= 11 is 0. The summed E-state index contributed by atoms with van der Waals surface area (Å²) in [7, 11) is 0. The largest absolute Gasteiger partial charge is 0.443 e. The van der Waals surface area contributed by atoms with Gasteiger partial charge >= 0.3 is 0 Å². The molecule has 7 heteroatoms. The number of nitrogens with one attached hydrogen (secondary N) is 2. The number of benzene rings is 1. The minimum atomic E-state index is -0.0440. The number of guanidine groups is 1. The number of hydrogen-bond donors (Lipinski definition) is 2. The zero-order chi connectivity index (χ0) is 22.3. The topological polar surface area (TPSA) is 68.9 Å². The summed E-state index contributed by atoms with van der Waals surface area (Å²) in [6.07, 6.45) is 1.81. The second-order valence-corrected chi connectivity index (χ2v) is 9.15. The molecule has 0 saturated carbocycles. The molecule has 2 N–H and O–H groups in total. The third-order valence-electron chi connectivity index (χ3n) is 5.63. The molecule has 31 heavy (non-hydrogen) atoms. The van der Waals surface area contributed by atoms with Gasteiger partial charge in [0.25, 0.3) is 0 Å². The average molecular weight is 427 g/mol. The Bertz CT molecular complexity index is 818. The molecule has 1 unspecified atom stereocenters. The molecule has 7 nitrogen and oxygen atoms in total. The Balaban J connectivity index is 1.48. The van der Waals surface area contributed by atoms with E-state index in [-0.39, 0.29) is 5.41 Å². The van der Waals surface area contributed by atoms with E-state index in [9.17, 15) is 0 Å². The van der Waals surface area contributed by atoms with Crippen LogP contribution < -0.4 is 15.5 Å². The molecule has 0 bridgehead atoms. The number of piperazine rings is 1. The molecular weight excluding hydrogens is 388 g/mol. The molecule has 0 radical (unpaired) electrons. The van der Waals surface area contributed by atoms with Gasteiger partial charge in [-0.2, -0.15) is 0 Å². The summed E-state index contributed by atoms with van der Waals surface area (Å²) in [6, 6.07) is 11.1. The van der Waals surface area contributed by atoms with E-state index in [4.69, 9.17) is 4.42 Å². The summed E-state index contributed by atoms with van der Waals surface area (Å²) in [4.78, 5) is 14.0. The second kappa shape index (κ2) is 10.7. The standard InChI is InChI=1S/C24H38N6O/c1-6-25-23(28-18-22-26-17-21(31-22)24(3,4)5)27-16-19(2)29-12-14-30(15-13-29)20-10-8-7-9-11-20/h7-11,17,19H,6,12-16,18H2,1-5H3,(H2,25,27,28). The smallest absolute Gasteiger partial charge is 0.216 e. The Labute approximate surface area is 186 Å². The summed E-state index contributed by atoms with van der Waals surface area (Å²) in [5.41, 5.74) is 1.27. The normalized spacial score (nSPS) is 16.9. The minimum Gasteiger partial charge on any atom is -0.443 e.